The van der Waals surface area contributed by atoms with E-state index in [0.29, 0.717) is 11.5 Å². The van der Waals surface area contributed by atoms with Gasteiger partial charge in [-0.1, -0.05) is 42.8 Å². The molecule has 112 valence electrons. The van der Waals surface area contributed by atoms with Gasteiger partial charge in [0, 0.05) is 24.7 Å². The summed E-state index contributed by atoms with van der Waals surface area (Å²) in [7, 11) is 0. The number of allylic oxidation sites excluding steroid dienone is 1. The maximum Gasteiger partial charge on any atom is 0.114 e. The van der Waals surface area contributed by atoms with Crippen molar-refractivity contribution in [1.29, 1.82) is 0 Å². The van der Waals surface area contributed by atoms with E-state index in [1.807, 2.05) is 0 Å². The quantitative estimate of drug-likeness (QED) is 0.809. The molecular weight excluding hydrogens is 258 g/mol. The zero-order chi connectivity index (χ0) is 14.3. The molecule has 2 fully saturated rings. The van der Waals surface area contributed by atoms with Gasteiger partial charge in [-0.25, -0.2) is 0 Å². The summed E-state index contributed by atoms with van der Waals surface area (Å²) < 4.78 is 0. The van der Waals surface area contributed by atoms with Crippen LogP contribution >= 0.6 is 0 Å². The summed E-state index contributed by atoms with van der Waals surface area (Å²) in [6.07, 6.45) is 11.9. The van der Waals surface area contributed by atoms with E-state index in [-0.39, 0.29) is 6.10 Å². The Balaban J connectivity index is 1.49. The third-order valence-corrected chi connectivity index (χ3v) is 6.12. The predicted octanol–water partition coefficient (Wildman–Crippen LogP) is 1.93. The number of hydrogen-bond acceptors (Lipinski definition) is 1. The fraction of sp³-hybridized carbons (Fsp3) is 0.579. The fourth-order valence-corrected chi connectivity index (χ4v) is 4.85. The minimum atomic E-state index is -0.0609. The van der Waals surface area contributed by atoms with Gasteiger partial charge in [0.1, 0.15) is 12.1 Å². The number of likely N-dealkylation sites (tertiary alicyclic amines) is 1. The van der Waals surface area contributed by atoms with E-state index >= 15 is 0 Å². The summed E-state index contributed by atoms with van der Waals surface area (Å²) in [5.74, 6) is 0. The number of rotatable bonds is 1. The molecule has 2 nitrogen and oxygen atoms in total. The predicted molar refractivity (Wildman–Crippen MR) is 85.3 cm³/mol. The van der Waals surface area contributed by atoms with Crippen molar-refractivity contribution in [2.24, 2.45) is 0 Å². The average Bonchev–Trinajstić information content (AvgIpc) is 2.88. The Bertz CT molecular complexity index is 542. The molecule has 1 heterocycles. The van der Waals surface area contributed by atoms with Gasteiger partial charge in [-0.3, -0.25) is 0 Å². The summed E-state index contributed by atoms with van der Waals surface area (Å²) in [6, 6.07) is 9.37. The molecular formula is C19H26NO+. The van der Waals surface area contributed by atoms with Gasteiger partial charge in [-0.2, -0.15) is 0 Å². The highest BCUT2D eigenvalue weighted by atomic mass is 16.3. The van der Waals surface area contributed by atoms with E-state index in [1.165, 1.54) is 56.3 Å². The number of quaternary nitrogens is 1. The molecule has 0 radical (unpaired) electrons. The molecule has 0 unspecified atom stereocenters. The number of aliphatic hydroxyl groups excluding tert-OH is 1. The summed E-state index contributed by atoms with van der Waals surface area (Å²) in [5.41, 5.74) is 3.24. The van der Waals surface area contributed by atoms with Gasteiger partial charge in [-0.15, -0.1) is 0 Å². The highest BCUT2D eigenvalue weighted by Gasteiger charge is 2.42. The first-order valence-corrected chi connectivity index (χ1v) is 8.60. The van der Waals surface area contributed by atoms with Gasteiger partial charge < -0.3 is 10.0 Å². The summed E-state index contributed by atoms with van der Waals surface area (Å²) in [6.45, 7) is 2.42. The molecule has 1 aromatic carbocycles. The molecule has 1 aromatic rings. The Morgan fingerprint density at radius 1 is 1.05 bits per heavy atom. The SMILES string of the molecule is O[C@@H]1CCCC[C@H]1[NH+]1CCC2(C=Cc3ccccc32)CC1. The van der Waals surface area contributed by atoms with E-state index in [4.69, 9.17) is 0 Å². The number of nitrogens with one attached hydrogen (secondary N) is 1. The number of fused-ring (bicyclic) bond motifs is 2. The van der Waals surface area contributed by atoms with Crippen molar-refractivity contribution in [2.75, 3.05) is 13.1 Å². The monoisotopic (exact) mass is 284 g/mol. The standard InChI is InChI=1S/C19H25NO/c21-18-8-4-3-7-17(18)20-13-11-19(12-14-20)10-9-15-5-1-2-6-16(15)19/h1-2,5-6,9-10,17-18,21H,3-4,7-8,11-14H2/p+1/t17-,18-/m1/s1. The molecule has 0 bridgehead atoms. The molecule has 1 aliphatic heterocycles. The normalized spacial score (nSPS) is 38.6. The van der Waals surface area contributed by atoms with Crippen LogP contribution in [0.3, 0.4) is 0 Å². The summed E-state index contributed by atoms with van der Waals surface area (Å²) in [5, 5.41) is 10.3. The molecule has 0 amide bonds. The Kier molecular flexibility index (Phi) is 3.39. The van der Waals surface area contributed by atoms with Crippen LogP contribution in [0, 0.1) is 0 Å². The summed E-state index contributed by atoms with van der Waals surface area (Å²) >= 11 is 0. The van der Waals surface area contributed by atoms with E-state index in [9.17, 15) is 5.11 Å². The van der Waals surface area contributed by atoms with Crippen molar-refractivity contribution in [2.45, 2.75) is 56.1 Å². The fourth-order valence-electron chi connectivity index (χ4n) is 4.85. The van der Waals surface area contributed by atoms with Crippen LogP contribution in [0.25, 0.3) is 6.08 Å². The Morgan fingerprint density at radius 2 is 1.81 bits per heavy atom. The van der Waals surface area contributed by atoms with Gasteiger partial charge in [-0.05, 0) is 24.0 Å². The van der Waals surface area contributed by atoms with Crippen LogP contribution in [-0.4, -0.2) is 30.3 Å². The Morgan fingerprint density at radius 3 is 2.62 bits per heavy atom. The van der Waals surface area contributed by atoms with Crippen LogP contribution in [-0.2, 0) is 5.41 Å². The van der Waals surface area contributed by atoms with Gasteiger partial charge in [0.2, 0.25) is 0 Å². The maximum atomic E-state index is 10.3. The molecule has 2 N–H and O–H groups in total. The lowest BCUT2D eigenvalue weighted by atomic mass is 9.74. The molecule has 21 heavy (non-hydrogen) atoms. The van der Waals surface area contributed by atoms with Crippen LogP contribution in [0.1, 0.15) is 49.7 Å². The minimum absolute atomic E-state index is 0.0609. The van der Waals surface area contributed by atoms with Crippen molar-refractivity contribution < 1.29 is 10.0 Å². The second-order valence-electron chi connectivity index (χ2n) is 7.19. The number of benzene rings is 1. The van der Waals surface area contributed by atoms with E-state index in [2.05, 4.69) is 36.4 Å². The van der Waals surface area contributed by atoms with Crippen LogP contribution < -0.4 is 4.90 Å². The van der Waals surface area contributed by atoms with E-state index in [1.54, 1.807) is 4.90 Å². The summed E-state index contributed by atoms with van der Waals surface area (Å²) in [4.78, 5) is 1.66. The molecule has 2 aliphatic carbocycles. The van der Waals surface area contributed by atoms with Gasteiger partial charge in [0.05, 0.1) is 13.1 Å². The van der Waals surface area contributed by atoms with Crippen molar-refractivity contribution in [1.82, 2.24) is 0 Å². The molecule has 1 saturated heterocycles. The molecule has 3 aliphatic rings. The first kappa shape index (κ1) is 13.5. The van der Waals surface area contributed by atoms with Crippen LogP contribution in [0.5, 0.6) is 0 Å². The highest BCUT2D eigenvalue weighted by Crippen LogP contribution is 2.41. The topological polar surface area (TPSA) is 24.7 Å². The van der Waals surface area contributed by atoms with Crippen LogP contribution in [0.15, 0.2) is 30.3 Å². The van der Waals surface area contributed by atoms with E-state index in [0.717, 1.165) is 6.42 Å². The zero-order valence-corrected chi connectivity index (χ0v) is 12.7. The van der Waals surface area contributed by atoms with Crippen molar-refractivity contribution in [3.05, 3.63) is 41.5 Å². The zero-order valence-electron chi connectivity index (χ0n) is 12.7. The van der Waals surface area contributed by atoms with Crippen molar-refractivity contribution >= 4 is 6.08 Å². The first-order chi connectivity index (χ1) is 10.3. The molecule has 2 heteroatoms. The van der Waals surface area contributed by atoms with Crippen LogP contribution in [0.4, 0.5) is 0 Å². The molecule has 1 spiro atoms. The Labute approximate surface area is 127 Å². The number of hydrogen-bond donors (Lipinski definition) is 2. The van der Waals surface area contributed by atoms with Crippen molar-refractivity contribution in [3.8, 4) is 0 Å². The highest BCUT2D eigenvalue weighted by molar-refractivity contribution is 5.65. The van der Waals surface area contributed by atoms with Gasteiger partial charge >= 0.3 is 0 Å². The van der Waals surface area contributed by atoms with Gasteiger partial charge in [0.25, 0.3) is 0 Å². The second kappa shape index (κ2) is 5.26. The largest absolute Gasteiger partial charge is 0.387 e. The lowest BCUT2D eigenvalue weighted by Gasteiger charge is -2.42. The second-order valence-corrected chi connectivity index (χ2v) is 7.19. The minimum Gasteiger partial charge on any atom is -0.387 e. The van der Waals surface area contributed by atoms with Gasteiger partial charge in [0.15, 0.2) is 0 Å². The Hall–Kier alpha value is -1.12. The maximum absolute atomic E-state index is 10.3. The number of piperidine rings is 1. The lowest BCUT2D eigenvalue weighted by molar-refractivity contribution is -0.936. The number of aliphatic hydroxyl groups is 1. The molecule has 1 saturated carbocycles. The van der Waals surface area contributed by atoms with Crippen molar-refractivity contribution in [3.63, 3.8) is 0 Å². The smallest absolute Gasteiger partial charge is 0.114 e. The molecule has 4 rings (SSSR count). The average molecular weight is 284 g/mol. The van der Waals surface area contributed by atoms with E-state index < -0.39 is 0 Å². The first-order valence-electron chi connectivity index (χ1n) is 8.60. The van der Waals surface area contributed by atoms with Crippen LogP contribution in [0.2, 0.25) is 0 Å². The molecule has 0 aromatic heterocycles. The lowest BCUT2D eigenvalue weighted by Crippen LogP contribution is -3.18. The third-order valence-electron chi connectivity index (χ3n) is 6.12. The molecule has 2 atom stereocenters. The third kappa shape index (κ3) is 2.25.